The van der Waals surface area contributed by atoms with Crippen molar-refractivity contribution >= 4 is 12.5 Å². The highest BCUT2D eigenvalue weighted by molar-refractivity contribution is 5.60. The SMILES string of the molecule is C=N/C=C(\OCC(CC)CC)c1ccccc1. The fraction of sp³-hybridized carbons (Fsp3) is 0.400. The van der Waals surface area contributed by atoms with Crippen molar-refractivity contribution in [3.63, 3.8) is 0 Å². The molecule has 0 aliphatic carbocycles. The van der Waals surface area contributed by atoms with E-state index in [0.717, 1.165) is 30.8 Å². The Morgan fingerprint density at radius 1 is 1.29 bits per heavy atom. The van der Waals surface area contributed by atoms with Crippen molar-refractivity contribution in [1.82, 2.24) is 0 Å². The van der Waals surface area contributed by atoms with E-state index in [-0.39, 0.29) is 0 Å². The fourth-order valence-corrected chi connectivity index (χ4v) is 1.61. The highest BCUT2D eigenvalue weighted by atomic mass is 16.5. The third kappa shape index (κ3) is 4.43. The van der Waals surface area contributed by atoms with Gasteiger partial charge < -0.3 is 4.74 Å². The molecule has 1 rings (SSSR count). The van der Waals surface area contributed by atoms with Gasteiger partial charge in [-0.1, -0.05) is 57.0 Å². The molecule has 2 nitrogen and oxygen atoms in total. The number of ether oxygens (including phenoxy) is 1. The zero-order chi connectivity index (χ0) is 12.5. The average molecular weight is 231 g/mol. The smallest absolute Gasteiger partial charge is 0.144 e. The molecular formula is C15H21NO. The van der Waals surface area contributed by atoms with E-state index in [1.165, 1.54) is 0 Å². The van der Waals surface area contributed by atoms with E-state index in [0.29, 0.717) is 5.92 Å². The van der Waals surface area contributed by atoms with Crippen LogP contribution in [0.2, 0.25) is 0 Å². The second kappa shape index (κ2) is 7.66. The zero-order valence-corrected chi connectivity index (χ0v) is 10.7. The van der Waals surface area contributed by atoms with Crippen molar-refractivity contribution in [3.8, 4) is 0 Å². The molecule has 0 radical (unpaired) electrons. The van der Waals surface area contributed by atoms with Gasteiger partial charge in [-0.2, -0.15) is 0 Å². The standard InChI is InChI=1S/C15H21NO/c1-4-13(5-2)12-17-15(11-16-3)14-9-7-6-8-10-14/h6-11,13H,3-5,12H2,1-2H3/b15-11-. The second-order valence-corrected chi connectivity index (χ2v) is 4.04. The van der Waals surface area contributed by atoms with Gasteiger partial charge in [0.15, 0.2) is 0 Å². The molecular weight excluding hydrogens is 210 g/mol. The molecule has 0 aliphatic heterocycles. The largest absolute Gasteiger partial charge is 0.491 e. The molecule has 0 spiro atoms. The molecule has 0 fully saturated rings. The van der Waals surface area contributed by atoms with Gasteiger partial charge >= 0.3 is 0 Å². The van der Waals surface area contributed by atoms with Gasteiger partial charge in [-0.15, -0.1) is 0 Å². The highest BCUT2D eigenvalue weighted by Gasteiger charge is 2.07. The lowest BCUT2D eigenvalue weighted by Crippen LogP contribution is -2.07. The molecule has 0 unspecified atom stereocenters. The first-order valence-corrected chi connectivity index (χ1v) is 6.16. The van der Waals surface area contributed by atoms with Crippen LogP contribution in [-0.2, 0) is 4.74 Å². The third-order valence-corrected chi connectivity index (χ3v) is 2.90. The van der Waals surface area contributed by atoms with Gasteiger partial charge in [0, 0.05) is 5.56 Å². The normalized spacial score (nSPS) is 11.6. The summed E-state index contributed by atoms with van der Waals surface area (Å²) >= 11 is 0. The first-order chi connectivity index (χ1) is 8.31. The van der Waals surface area contributed by atoms with Gasteiger partial charge in [0.25, 0.3) is 0 Å². The Morgan fingerprint density at radius 3 is 2.47 bits per heavy atom. The van der Waals surface area contributed by atoms with E-state index in [4.69, 9.17) is 4.74 Å². The topological polar surface area (TPSA) is 21.6 Å². The Labute approximate surface area is 104 Å². The van der Waals surface area contributed by atoms with E-state index in [1.807, 2.05) is 30.3 Å². The number of nitrogens with zero attached hydrogens (tertiary/aromatic N) is 1. The van der Waals surface area contributed by atoms with Crippen molar-refractivity contribution in [1.29, 1.82) is 0 Å². The Bertz CT molecular complexity index is 352. The number of benzene rings is 1. The summed E-state index contributed by atoms with van der Waals surface area (Å²) in [4.78, 5) is 3.80. The Balaban J connectivity index is 2.69. The Hall–Kier alpha value is -1.57. The molecule has 0 saturated carbocycles. The highest BCUT2D eigenvalue weighted by Crippen LogP contribution is 2.18. The maximum Gasteiger partial charge on any atom is 0.144 e. The number of rotatable bonds is 7. The van der Waals surface area contributed by atoms with Crippen LogP contribution >= 0.6 is 0 Å². The van der Waals surface area contributed by atoms with Crippen LogP contribution < -0.4 is 0 Å². The van der Waals surface area contributed by atoms with Gasteiger partial charge in [-0.05, 0) is 12.6 Å². The number of aliphatic imine (C=N–C) groups is 1. The molecule has 0 bridgehead atoms. The van der Waals surface area contributed by atoms with Crippen molar-refractivity contribution < 1.29 is 4.74 Å². The summed E-state index contributed by atoms with van der Waals surface area (Å²) in [5.41, 5.74) is 1.05. The molecule has 1 aromatic carbocycles. The molecule has 1 aromatic rings. The molecule has 0 aromatic heterocycles. The minimum Gasteiger partial charge on any atom is -0.491 e. The molecule has 0 aliphatic rings. The van der Waals surface area contributed by atoms with Crippen LogP contribution in [0.5, 0.6) is 0 Å². The van der Waals surface area contributed by atoms with Gasteiger partial charge in [0.1, 0.15) is 5.76 Å². The van der Waals surface area contributed by atoms with Crippen molar-refractivity contribution in [3.05, 3.63) is 42.1 Å². The van der Waals surface area contributed by atoms with Crippen molar-refractivity contribution in [2.75, 3.05) is 6.61 Å². The summed E-state index contributed by atoms with van der Waals surface area (Å²) in [6, 6.07) is 10.0. The van der Waals surface area contributed by atoms with Crippen LogP contribution in [0.15, 0.2) is 41.5 Å². The van der Waals surface area contributed by atoms with E-state index in [2.05, 4.69) is 25.6 Å². The van der Waals surface area contributed by atoms with Crippen molar-refractivity contribution in [2.45, 2.75) is 26.7 Å². The molecule has 0 atom stereocenters. The molecule has 17 heavy (non-hydrogen) atoms. The summed E-state index contributed by atoms with van der Waals surface area (Å²) < 4.78 is 5.84. The second-order valence-electron chi connectivity index (χ2n) is 4.04. The van der Waals surface area contributed by atoms with Crippen LogP contribution in [-0.4, -0.2) is 13.3 Å². The van der Waals surface area contributed by atoms with Gasteiger partial charge in [-0.25, -0.2) is 0 Å². The van der Waals surface area contributed by atoms with Gasteiger partial charge in [0.05, 0.1) is 12.8 Å². The van der Waals surface area contributed by atoms with Crippen LogP contribution in [0.4, 0.5) is 0 Å². The quantitative estimate of drug-likeness (QED) is 0.510. The summed E-state index contributed by atoms with van der Waals surface area (Å²) in [5, 5.41) is 0. The van der Waals surface area contributed by atoms with Crippen LogP contribution in [0.1, 0.15) is 32.3 Å². The van der Waals surface area contributed by atoms with E-state index in [1.54, 1.807) is 6.20 Å². The van der Waals surface area contributed by atoms with Crippen molar-refractivity contribution in [2.24, 2.45) is 10.9 Å². The van der Waals surface area contributed by atoms with Gasteiger partial charge in [0.2, 0.25) is 0 Å². The molecule has 92 valence electrons. The first-order valence-electron chi connectivity index (χ1n) is 6.16. The average Bonchev–Trinajstić information content (AvgIpc) is 2.39. The lowest BCUT2D eigenvalue weighted by atomic mass is 10.1. The zero-order valence-electron chi connectivity index (χ0n) is 10.7. The molecule has 0 saturated heterocycles. The summed E-state index contributed by atoms with van der Waals surface area (Å²) in [6.07, 6.45) is 3.96. The minimum absolute atomic E-state index is 0.604. The lowest BCUT2D eigenvalue weighted by molar-refractivity contribution is 0.209. The predicted octanol–water partition coefficient (Wildman–Crippen LogP) is 4.14. The molecule has 2 heteroatoms. The lowest BCUT2D eigenvalue weighted by Gasteiger charge is -2.15. The fourth-order valence-electron chi connectivity index (χ4n) is 1.61. The monoisotopic (exact) mass is 231 g/mol. The molecule has 0 amide bonds. The molecule has 0 heterocycles. The Kier molecular flexibility index (Phi) is 6.08. The maximum atomic E-state index is 5.84. The minimum atomic E-state index is 0.604. The van der Waals surface area contributed by atoms with Gasteiger partial charge in [-0.3, -0.25) is 4.99 Å². The first kappa shape index (κ1) is 13.5. The van der Waals surface area contributed by atoms with Crippen LogP contribution in [0.3, 0.4) is 0 Å². The number of hydrogen-bond acceptors (Lipinski definition) is 2. The van der Waals surface area contributed by atoms with Crippen LogP contribution in [0, 0.1) is 5.92 Å². The summed E-state index contributed by atoms with van der Waals surface area (Å²) in [7, 11) is 0. The third-order valence-electron chi connectivity index (χ3n) is 2.90. The summed E-state index contributed by atoms with van der Waals surface area (Å²) in [6.45, 7) is 8.61. The van der Waals surface area contributed by atoms with E-state index < -0.39 is 0 Å². The number of hydrogen-bond donors (Lipinski definition) is 0. The van der Waals surface area contributed by atoms with E-state index in [9.17, 15) is 0 Å². The summed E-state index contributed by atoms with van der Waals surface area (Å²) in [5.74, 6) is 1.40. The molecule has 0 N–H and O–H groups in total. The Morgan fingerprint density at radius 2 is 1.94 bits per heavy atom. The van der Waals surface area contributed by atoms with Crippen LogP contribution in [0.25, 0.3) is 5.76 Å². The van der Waals surface area contributed by atoms with E-state index >= 15 is 0 Å². The maximum absolute atomic E-state index is 5.84. The predicted molar refractivity (Wildman–Crippen MR) is 74.0 cm³/mol.